The fourth-order valence-electron chi connectivity index (χ4n) is 0.923. The van der Waals surface area contributed by atoms with Gasteiger partial charge in [0.15, 0.2) is 5.78 Å². The van der Waals surface area contributed by atoms with Gasteiger partial charge in [0.05, 0.1) is 0 Å². The van der Waals surface area contributed by atoms with E-state index in [0.29, 0.717) is 18.6 Å². The van der Waals surface area contributed by atoms with E-state index in [1.807, 2.05) is 44.2 Å². The summed E-state index contributed by atoms with van der Waals surface area (Å²) in [6.07, 6.45) is 1.38. The third-order valence-electron chi connectivity index (χ3n) is 1.97. The summed E-state index contributed by atoms with van der Waals surface area (Å²) in [7, 11) is 0. The van der Waals surface area contributed by atoms with Crippen molar-refractivity contribution in [3.63, 3.8) is 0 Å². The number of hydrogen-bond acceptors (Lipinski definition) is 2. The summed E-state index contributed by atoms with van der Waals surface area (Å²) in [6, 6.07) is 9.23. The van der Waals surface area contributed by atoms with Crippen LogP contribution in [0.1, 0.15) is 44.0 Å². The van der Waals surface area contributed by atoms with Crippen LogP contribution >= 0.6 is 0 Å². The highest BCUT2D eigenvalue weighted by molar-refractivity contribution is 5.93. The lowest BCUT2D eigenvalue weighted by atomic mass is 10.2. The lowest BCUT2D eigenvalue weighted by Crippen LogP contribution is -1.88. The second kappa shape index (κ2) is 7.92. The average Bonchev–Trinajstić information content (AvgIpc) is 2.30. The summed E-state index contributed by atoms with van der Waals surface area (Å²) in [5.74, 6) is 0.464. The van der Waals surface area contributed by atoms with Crippen molar-refractivity contribution in [2.45, 2.75) is 33.6 Å². The van der Waals surface area contributed by atoms with Gasteiger partial charge in [-0.05, 0) is 6.92 Å². The van der Waals surface area contributed by atoms with E-state index in [1.54, 1.807) is 6.92 Å². The zero-order chi connectivity index (χ0) is 11.7. The summed E-state index contributed by atoms with van der Waals surface area (Å²) >= 11 is 0. The molecule has 2 heteroatoms. The summed E-state index contributed by atoms with van der Waals surface area (Å²) in [5, 5.41) is 0. The molecule has 0 aliphatic carbocycles. The normalized spacial score (nSPS) is 8.73. The van der Waals surface area contributed by atoms with E-state index in [0.717, 1.165) is 5.56 Å². The molecule has 0 aromatic heterocycles. The number of Topliss-reactive ketones (excluding diaryl/α,β-unsaturated/α-hetero) is 2. The maximum atomic E-state index is 10.6. The Balaban J connectivity index is 0.000000288. The molecule has 0 aliphatic rings. The van der Waals surface area contributed by atoms with Gasteiger partial charge in [0.25, 0.3) is 0 Å². The summed E-state index contributed by atoms with van der Waals surface area (Å²) in [4.78, 5) is 20.8. The first-order valence-corrected chi connectivity index (χ1v) is 5.19. The summed E-state index contributed by atoms with van der Waals surface area (Å²) in [6.45, 7) is 5.33. The fourth-order valence-corrected chi connectivity index (χ4v) is 0.923. The van der Waals surface area contributed by atoms with Crippen LogP contribution in [-0.4, -0.2) is 11.6 Å². The van der Waals surface area contributed by atoms with Crippen LogP contribution in [0.2, 0.25) is 0 Å². The van der Waals surface area contributed by atoms with Crippen LogP contribution in [-0.2, 0) is 4.79 Å². The largest absolute Gasteiger partial charge is 0.300 e. The third-order valence-corrected chi connectivity index (χ3v) is 1.97. The Labute approximate surface area is 91.3 Å². The highest BCUT2D eigenvalue weighted by Crippen LogP contribution is 1.97. The number of hydrogen-bond donors (Lipinski definition) is 0. The molecule has 0 saturated carbocycles. The zero-order valence-corrected chi connectivity index (χ0v) is 9.62. The highest BCUT2D eigenvalue weighted by atomic mass is 16.1. The quantitative estimate of drug-likeness (QED) is 0.711. The van der Waals surface area contributed by atoms with Gasteiger partial charge in [-0.15, -0.1) is 0 Å². The van der Waals surface area contributed by atoms with Crippen LogP contribution in [0, 0.1) is 0 Å². The van der Waals surface area contributed by atoms with Crippen molar-refractivity contribution >= 4 is 11.6 Å². The minimum atomic E-state index is 0.121. The van der Waals surface area contributed by atoms with Gasteiger partial charge in [-0.1, -0.05) is 44.2 Å². The van der Waals surface area contributed by atoms with Crippen molar-refractivity contribution in [1.82, 2.24) is 0 Å². The molecule has 0 fully saturated rings. The third kappa shape index (κ3) is 6.61. The Morgan fingerprint density at radius 1 is 1.00 bits per heavy atom. The molecule has 15 heavy (non-hydrogen) atoms. The van der Waals surface area contributed by atoms with Crippen LogP contribution < -0.4 is 0 Å². The van der Waals surface area contributed by atoms with Gasteiger partial charge in [-0.3, -0.25) is 9.59 Å². The van der Waals surface area contributed by atoms with Gasteiger partial charge in [-0.25, -0.2) is 0 Å². The Bertz CT molecular complexity index is 296. The second-order valence-corrected chi connectivity index (χ2v) is 3.17. The van der Waals surface area contributed by atoms with E-state index in [2.05, 4.69) is 0 Å². The molecule has 0 spiro atoms. The first-order valence-electron chi connectivity index (χ1n) is 5.19. The molecule has 0 N–H and O–H groups in total. The Morgan fingerprint density at radius 3 is 1.67 bits per heavy atom. The SMILES string of the molecule is CC(=O)c1ccccc1.CCC(=O)CC. The number of carbonyl (C=O) groups is 2. The standard InChI is InChI=1S/C8H8O.C5H10O/c1-7(9)8-5-3-2-4-6-8;1-3-5(6)4-2/h2-6H,1H3;3-4H2,1-2H3. The summed E-state index contributed by atoms with van der Waals surface area (Å²) < 4.78 is 0. The van der Waals surface area contributed by atoms with Gasteiger partial charge in [0.2, 0.25) is 0 Å². The minimum Gasteiger partial charge on any atom is -0.300 e. The van der Waals surface area contributed by atoms with E-state index < -0.39 is 0 Å². The number of carbonyl (C=O) groups excluding carboxylic acids is 2. The van der Waals surface area contributed by atoms with Crippen molar-refractivity contribution in [1.29, 1.82) is 0 Å². The predicted molar refractivity (Wildman–Crippen MR) is 62.0 cm³/mol. The van der Waals surface area contributed by atoms with Crippen LogP contribution in [0.5, 0.6) is 0 Å². The molecule has 0 bridgehead atoms. The smallest absolute Gasteiger partial charge is 0.159 e. The lowest BCUT2D eigenvalue weighted by molar-refractivity contribution is -0.118. The van der Waals surface area contributed by atoms with Gasteiger partial charge in [0, 0.05) is 18.4 Å². The zero-order valence-electron chi connectivity index (χ0n) is 9.62. The first-order chi connectivity index (χ1) is 7.11. The molecule has 2 nitrogen and oxygen atoms in total. The van der Waals surface area contributed by atoms with Crippen molar-refractivity contribution in [2.24, 2.45) is 0 Å². The number of benzene rings is 1. The number of rotatable bonds is 3. The molecule has 0 aliphatic heterocycles. The molecule has 1 rings (SSSR count). The maximum absolute atomic E-state index is 10.6. The monoisotopic (exact) mass is 206 g/mol. The van der Waals surface area contributed by atoms with Gasteiger partial charge < -0.3 is 0 Å². The van der Waals surface area contributed by atoms with Crippen LogP contribution in [0.15, 0.2) is 30.3 Å². The molecular weight excluding hydrogens is 188 g/mol. The van der Waals surface area contributed by atoms with Crippen molar-refractivity contribution < 1.29 is 9.59 Å². The van der Waals surface area contributed by atoms with Crippen LogP contribution in [0.3, 0.4) is 0 Å². The number of ketones is 2. The second-order valence-electron chi connectivity index (χ2n) is 3.17. The molecular formula is C13H18O2. The molecule has 1 aromatic carbocycles. The van der Waals surface area contributed by atoms with E-state index in [4.69, 9.17) is 0 Å². The Kier molecular flexibility index (Phi) is 7.16. The van der Waals surface area contributed by atoms with Crippen LogP contribution in [0.25, 0.3) is 0 Å². The first kappa shape index (κ1) is 13.6. The van der Waals surface area contributed by atoms with Gasteiger partial charge in [0.1, 0.15) is 5.78 Å². The van der Waals surface area contributed by atoms with Gasteiger partial charge >= 0.3 is 0 Å². The van der Waals surface area contributed by atoms with Crippen molar-refractivity contribution in [2.75, 3.05) is 0 Å². The van der Waals surface area contributed by atoms with E-state index >= 15 is 0 Å². The average molecular weight is 206 g/mol. The minimum absolute atomic E-state index is 0.121. The molecule has 0 amide bonds. The highest BCUT2D eigenvalue weighted by Gasteiger charge is 1.92. The molecule has 82 valence electrons. The van der Waals surface area contributed by atoms with Crippen LogP contribution in [0.4, 0.5) is 0 Å². The topological polar surface area (TPSA) is 34.1 Å². The predicted octanol–water partition coefficient (Wildman–Crippen LogP) is 3.26. The van der Waals surface area contributed by atoms with E-state index in [9.17, 15) is 9.59 Å². The van der Waals surface area contributed by atoms with Crippen molar-refractivity contribution in [3.8, 4) is 0 Å². The summed E-state index contributed by atoms with van der Waals surface area (Å²) in [5.41, 5.74) is 0.775. The lowest BCUT2D eigenvalue weighted by Gasteiger charge is -1.89. The Morgan fingerprint density at radius 2 is 1.47 bits per heavy atom. The molecule has 0 saturated heterocycles. The van der Waals surface area contributed by atoms with E-state index in [1.165, 1.54) is 0 Å². The molecule has 0 heterocycles. The van der Waals surface area contributed by atoms with E-state index in [-0.39, 0.29) is 5.78 Å². The van der Waals surface area contributed by atoms with Crippen molar-refractivity contribution in [3.05, 3.63) is 35.9 Å². The Hall–Kier alpha value is -1.44. The maximum Gasteiger partial charge on any atom is 0.159 e. The van der Waals surface area contributed by atoms with Gasteiger partial charge in [-0.2, -0.15) is 0 Å². The fraction of sp³-hybridized carbons (Fsp3) is 0.385. The molecule has 0 unspecified atom stereocenters. The molecule has 0 radical (unpaired) electrons. The molecule has 1 aromatic rings. The molecule has 0 atom stereocenters.